The fourth-order valence-corrected chi connectivity index (χ4v) is 2.93. The minimum atomic E-state index is -4.37. The number of nitrogens with two attached hydrogens (primary N) is 2. The Labute approximate surface area is 118 Å². The quantitative estimate of drug-likeness (QED) is 0.489. The summed E-state index contributed by atoms with van der Waals surface area (Å²) in [5.74, 6) is -3.83. The van der Waals surface area contributed by atoms with Crippen LogP contribution in [0.1, 0.15) is 0 Å². The van der Waals surface area contributed by atoms with Crippen LogP contribution in [0.3, 0.4) is 0 Å². The average molecular weight is 316 g/mol. The highest BCUT2D eigenvalue weighted by molar-refractivity contribution is 7.91. The predicted molar refractivity (Wildman–Crippen MR) is 70.4 cm³/mol. The van der Waals surface area contributed by atoms with Gasteiger partial charge in [0, 0.05) is 12.1 Å². The number of nitrogen functional groups attached to an aromatic ring is 2. The summed E-state index contributed by atoms with van der Waals surface area (Å²) in [5, 5.41) is 18.7. The molecule has 0 unspecified atom stereocenters. The van der Waals surface area contributed by atoms with Crippen molar-refractivity contribution >= 4 is 21.2 Å². The molecule has 0 radical (unpaired) electrons. The molecule has 0 fully saturated rings. The van der Waals surface area contributed by atoms with Crippen molar-refractivity contribution in [1.29, 1.82) is 0 Å². The summed E-state index contributed by atoms with van der Waals surface area (Å²) in [4.78, 5) is -1.29. The van der Waals surface area contributed by atoms with Gasteiger partial charge < -0.3 is 21.7 Å². The molecule has 0 bridgehead atoms. The van der Waals surface area contributed by atoms with Gasteiger partial charge in [-0.05, 0) is 12.1 Å². The molecule has 0 saturated heterocycles. The van der Waals surface area contributed by atoms with E-state index >= 15 is 0 Å². The number of anilines is 2. The normalized spacial score (nSPS) is 11.5. The van der Waals surface area contributed by atoms with Crippen molar-refractivity contribution in [3.05, 3.63) is 35.9 Å². The van der Waals surface area contributed by atoms with Crippen LogP contribution in [0.2, 0.25) is 0 Å². The number of halogens is 2. The van der Waals surface area contributed by atoms with E-state index in [1.165, 1.54) is 0 Å². The van der Waals surface area contributed by atoms with E-state index in [-0.39, 0.29) is 0 Å². The summed E-state index contributed by atoms with van der Waals surface area (Å²) in [7, 11) is -4.37. The van der Waals surface area contributed by atoms with Gasteiger partial charge in [-0.25, -0.2) is 17.2 Å². The zero-order chi connectivity index (χ0) is 15.9. The van der Waals surface area contributed by atoms with Gasteiger partial charge in [0.05, 0.1) is 9.79 Å². The summed E-state index contributed by atoms with van der Waals surface area (Å²) in [6.07, 6.45) is 0. The number of hydrogen-bond acceptors (Lipinski definition) is 6. The van der Waals surface area contributed by atoms with Crippen LogP contribution < -0.4 is 11.5 Å². The van der Waals surface area contributed by atoms with Crippen molar-refractivity contribution in [1.82, 2.24) is 0 Å². The molecule has 0 aromatic heterocycles. The highest BCUT2D eigenvalue weighted by Crippen LogP contribution is 2.33. The van der Waals surface area contributed by atoms with Crippen LogP contribution in [0, 0.1) is 11.6 Å². The molecule has 0 atom stereocenters. The van der Waals surface area contributed by atoms with E-state index in [1.54, 1.807) is 0 Å². The lowest BCUT2D eigenvalue weighted by Crippen LogP contribution is -2.05. The summed E-state index contributed by atoms with van der Waals surface area (Å²) in [5.41, 5.74) is 9.11. The van der Waals surface area contributed by atoms with Crippen LogP contribution in [0.4, 0.5) is 20.2 Å². The number of hydrogen-bond donors (Lipinski definition) is 4. The number of phenols is 2. The van der Waals surface area contributed by atoms with Gasteiger partial charge in [0.25, 0.3) is 0 Å². The second-order valence-electron chi connectivity index (χ2n) is 4.18. The Bertz CT molecular complexity index is 728. The molecule has 6 N–H and O–H groups in total. The first-order valence-corrected chi connectivity index (χ1v) is 6.94. The van der Waals surface area contributed by atoms with Gasteiger partial charge in [-0.15, -0.1) is 0 Å². The van der Waals surface area contributed by atoms with E-state index in [0.717, 1.165) is 12.1 Å². The largest absolute Gasteiger partial charge is 0.506 e. The molecule has 0 saturated carbocycles. The van der Waals surface area contributed by atoms with E-state index < -0.39 is 54.1 Å². The maximum Gasteiger partial charge on any atom is 0.207 e. The van der Waals surface area contributed by atoms with E-state index in [9.17, 15) is 27.4 Å². The van der Waals surface area contributed by atoms with Gasteiger partial charge in [0.1, 0.15) is 22.9 Å². The smallest absolute Gasteiger partial charge is 0.207 e. The number of sulfone groups is 1. The highest BCUT2D eigenvalue weighted by atomic mass is 32.2. The molecule has 21 heavy (non-hydrogen) atoms. The Morgan fingerprint density at radius 1 is 0.810 bits per heavy atom. The fraction of sp³-hybridized carbons (Fsp3) is 0. The van der Waals surface area contributed by atoms with E-state index in [0.29, 0.717) is 12.1 Å². The molecule has 2 rings (SSSR count). The van der Waals surface area contributed by atoms with Crippen LogP contribution in [0.25, 0.3) is 0 Å². The van der Waals surface area contributed by atoms with Crippen molar-refractivity contribution < 1.29 is 27.4 Å². The van der Waals surface area contributed by atoms with Crippen molar-refractivity contribution in [2.45, 2.75) is 9.79 Å². The zero-order valence-electron chi connectivity index (χ0n) is 10.3. The molecule has 0 heterocycles. The molecule has 0 spiro atoms. The van der Waals surface area contributed by atoms with Crippen LogP contribution in [0.15, 0.2) is 34.1 Å². The lowest BCUT2D eigenvalue weighted by molar-refractivity contribution is 0.469. The summed E-state index contributed by atoms with van der Waals surface area (Å²) < 4.78 is 51.3. The topological polar surface area (TPSA) is 127 Å². The maximum atomic E-state index is 13.4. The van der Waals surface area contributed by atoms with Gasteiger partial charge in [-0.1, -0.05) is 0 Å². The second kappa shape index (κ2) is 4.77. The molecule has 0 aliphatic heterocycles. The Kier molecular flexibility index (Phi) is 3.38. The van der Waals surface area contributed by atoms with Gasteiger partial charge in [0.2, 0.25) is 9.84 Å². The number of aromatic hydroxyl groups is 2. The van der Waals surface area contributed by atoms with Gasteiger partial charge in [-0.2, -0.15) is 0 Å². The molecular formula is C12H10F2N2O4S. The zero-order valence-corrected chi connectivity index (χ0v) is 11.2. The van der Waals surface area contributed by atoms with Crippen molar-refractivity contribution in [2.75, 3.05) is 11.5 Å². The number of phenolic OH excluding ortho intramolecular Hbond substituents is 2. The van der Waals surface area contributed by atoms with E-state index in [4.69, 9.17) is 11.5 Å². The Balaban J connectivity index is 2.68. The van der Waals surface area contributed by atoms with Gasteiger partial charge >= 0.3 is 0 Å². The first-order valence-electron chi connectivity index (χ1n) is 5.45. The molecule has 112 valence electrons. The van der Waals surface area contributed by atoms with E-state index in [1.807, 2.05) is 0 Å². The molecular weight excluding hydrogens is 306 g/mol. The highest BCUT2D eigenvalue weighted by Gasteiger charge is 2.23. The average Bonchev–Trinajstić information content (AvgIpc) is 2.40. The third kappa shape index (κ3) is 2.42. The molecule has 2 aromatic rings. The predicted octanol–water partition coefficient (Wildman–Crippen LogP) is 1.37. The SMILES string of the molecule is Nc1c(O)cc(S(=O)(=O)c2cc(O)c(N)c(F)c2)cc1F. The second-order valence-corrected chi connectivity index (χ2v) is 6.13. The molecule has 0 amide bonds. The number of benzene rings is 2. The molecule has 6 nitrogen and oxygen atoms in total. The monoisotopic (exact) mass is 316 g/mol. The summed E-state index contributed by atoms with van der Waals surface area (Å²) >= 11 is 0. The van der Waals surface area contributed by atoms with Crippen LogP contribution in [0.5, 0.6) is 11.5 Å². The minimum Gasteiger partial charge on any atom is -0.506 e. The molecule has 0 aliphatic rings. The third-order valence-electron chi connectivity index (χ3n) is 2.78. The summed E-state index contributed by atoms with van der Waals surface area (Å²) in [6.45, 7) is 0. The Morgan fingerprint density at radius 3 is 1.43 bits per heavy atom. The maximum absolute atomic E-state index is 13.4. The standard InChI is InChI=1S/C12H10F2N2O4S/c13-7-1-5(3-9(17)11(7)15)21(19,20)6-2-8(14)12(16)10(18)4-6/h1-4,17-18H,15-16H2. The first kappa shape index (κ1) is 14.9. The van der Waals surface area contributed by atoms with Gasteiger partial charge in [-0.3, -0.25) is 0 Å². The fourth-order valence-electron chi connectivity index (χ4n) is 1.60. The molecule has 2 aromatic carbocycles. The van der Waals surface area contributed by atoms with Crippen molar-refractivity contribution in [3.63, 3.8) is 0 Å². The lowest BCUT2D eigenvalue weighted by atomic mass is 10.3. The summed E-state index contributed by atoms with van der Waals surface area (Å²) in [6, 6.07) is 2.60. The van der Waals surface area contributed by atoms with Crippen molar-refractivity contribution in [2.24, 2.45) is 0 Å². The lowest BCUT2D eigenvalue weighted by Gasteiger charge is -2.09. The Hall–Kier alpha value is -2.55. The van der Waals surface area contributed by atoms with Crippen molar-refractivity contribution in [3.8, 4) is 11.5 Å². The molecule has 0 aliphatic carbocycles. The van der Waals surface area contributed by atoms with Crippen LogP contribution in [-0.2, 0) is 9.84 Å². The number of rotatable bonds is 2. The Morgan fingerprint density at radius 2 is 1.14 bits per heavy atom. The third-order valence-corrected chi connectivity index (χ3v) is 4.50. The minimum absolute atomic E-state index is 0.579. The van der Waals surface area contributed by atoms with Crippen LogP contribution in [-0.4, -0.2) is 18.6 Å². The van der Waals surface area contributed by atoms with Crippen LogP contribution >= 0.6 is 0 Å². The molecule has 9 heteroatoms. The van der Waals surface area contributed by atoms with Gasteiger partial charge in [0.15, 0.2) is 11.6 Å². The van der Waals surface area contributed by atoms with E-state index in [2.05, 4.69) is 0 Å². The first-order chi connectivity index (χ1) is 9.64.